The van der Waals surface area contributed by atoms with Crippen LogP contribution in [0, 0.1) is 5.92 Å². The number of anilines is 1. The minimum Gasteiger partial charge on any atom is -0.312 e. The largest absolute Gasteiger partial charge is 0.312 e. The van der Waals surface area contributed by atoms with Crippen LogP contribution < -0.4 is 15.8 Å². The second-order valence-corrected chi connectivity index (χ2v) is 7.13. The zero-order chi connectivity index (χ0) is 18.7. The Kier molecular flexibility index (Phi) is 5.58. The summed E-state index contributed by atoms with van der Waals surface area (Å²) in [4.78, 5) is 38.1. The number of hydrazine groups is 1. The molecule has 6 nitrogen and oxygen atoms in total. The van der Waals surface area contributed by atoms with Crippen molar-refractivity contribution < 1.29 is 14.4 Å². The molecule has 2 aromatic carbocycles. The van der Waals surface area contributed by atoms with Crippen LogP contribution in [-0.2, 0) is 9.59 Å². The molecule has 1 saturated heterocycles. The number of hydrogen-bond acceptors (Lipinski definition) is 3. The van der Waals surface area contributed by atoms with Crippen molar-refractivity contribution in [1.29, 1.82) is 0 Å². The van der Waals surface area contributed by atoms with Crippen molar-refractivity contribution >= 4 is 50.9 Å². The molecule has 8 heteroatoms. The molecule has 0 unspecified atom stereocenters. The highest BCUT2D eigenvalue weighted by atomic mass is 79.9. The van der Waals surface area contributed by atoms with Gasteiger partial charge in [-0.15, -0.1) is 0 Å². The third kappa shape index (κ3) is 4.05. The number of amides is 3. The Bertz CT molecular complexity index is 857. The van der Waals surface area contributed by atoms with Gasteiger partial charge in [0.2, 0.25) is 11.8 Å². The lowest BCUT2D eigenvalue weighted by molar-refractivity contribution is -0.126. The van der Waals surface area contributed by atoms with Gasteiger partial charge in [0.1, 0.15) is 0 Å². The minimum atomic E-state index is -0.544. The first-order valence-electron chi connectivity index (χ1n) is 7.86. The summed E-state index contributed by atoms with van der Waals surface area (Å²) < 4.78 is 0.907. The van der Waals surface area contributed by atoms with Crippen molar-refractivity contribution in [2.75, 3.05) is 11.4 Å². The second kappa shape index (κ2) is 7.88. The van der Waals surface area contributed by atoms with Crippen molar-refractivity contribution in [2.24, 2.45) is 5.92 Å². The van der Waals surface area contributed by atoms with Gasteiger partial charge in [-0.05, 0) is 36.4 Å². The van der Waals surface area contributed by atoms with Crippen LogP contribution >= 0.6 is 27.5 Å². The molecule has 134 valence electrons. The number of hydrogen-bond donors (Lipinski definition) is 2. The fourth-order valence-electron chi connectivity index (χ4n) is 2.69. The molecular formula is C18H15BrClN3O3. The zero-order valence-corrected chi connectivity index (χ0v) is 15.9. The van der Waals surface area contributed by atoms with E-state index in [4.69, 9.17) is 11.6 Å². The lowest BCUT2D eigenvalue weighted by atomic mass is 10.1. The number of carbonyl (C=O) groups excluding carboxylic acids is 3. The maximum absolute atomic E-state index is 12.3. The van der Waals surface area contributed by atoms with Crippen LogP contribution in [0.2, 0.25) is 5.02 Å². The minimum absolute atomic E-state index is 0.0872. The summed E-state index contributed by atoms with van der Waals surface area (Å²) in [6, 6.07) is 13.8. The standard InChI is InChI=1S/C18H15BrClN3O3/c19-12-5-7-13(8-6-12)23-10-11(9-16(23)24)17(25)21-22-18(26)14-3-1-2-4-15(14)20/h1-8,11H,9-10H2,(H,21,25)(H,22,26)/t11-/m1/s1. The van der Waals surface area contributed by atoms with Crippen LogP contribution in [0.25, 0.3) is 0 Å². The van der Waals surface area contributed by atoms with Gasteiger partial charge in [-0.2, -0.15) is 0 Å². The van der Waals surface area contributed by atoms with E-state index >= 15 is 0 Å². The van der Waals surface area contributed by atoms with Crippen LogP contribution in [-0.4, -0.2) is 24.3 Å². The monoisotopic (exact) mass is 435 g/mol. The Hall–Kier alpha value is -2.38. The molecule has 1 atom stereocenters. The molecule has 1 aliphatic rings. The number of nitrogens with one attached hydrogen (secondary N) is 2. The van der Waals surface area contributed by atoms with E-state index in [1.54, 1.807) is 41.3 Å². The normalized spacial score (nSPS) is 16.5. The summed E-state index contributed by atoms with van der Waals surface area (Å²) in [5.41, 5.74) is 5.69. The number of rotatable bonds is 3. The fourth-order valence-corrected chi connectivity index (χ4v) is 3.17. The average molecular weight is 437 g/mol. The zero-order valence-electron chi connectivity index (χ0n) is 13.5. The smallest absolute Gasteiger partial charge is 0.271 e. The molecule has 1 fully saturated rings. The van der Waals surface area contributed by atoms with Gasteiger partial charge in [0, 0.05) is 23.1 Å². The van der Waals surface area contributed by atoms with E-state index in [1.807, 2.05) is 12.1 Å². The summed E-state index contributed by atoms with van der Waals surface area (Å²) >= 11 is 9.30. The third-order valence-corrected chi connectivity index (χ3v) is 4.91. The first kappa shape index (κ1) is 18.4. The van der Waals surface area contributed by atoms with Crippen LogP contribution in [0.4, 0.5) is 5.69 Å². The molecule has 0 bridgehead atoms. The summed E-state index contributed by atoms with van der Waals surface area (Å²) in [6.45, 7) is 0.258. The Morgan fingerprint density at radius 3 is 2.46 bits per heavy atom. The highest BCUT2D eigenvalue weighted by molar-refractivity contribution is 9.10. The van der Waals surface area contributed by atoms with E-state index in [0.29, 0.717) is 0 Å². The summed E-state index contributed by atoms with van der Waals surface area (Å²) in [5, 5.41) is 0.289. The van der Waals surface area contributed by atoms with Crippen LogP contribution in [0.15, 0.2) is 53.0 Å². The van der Waals surface area contributed by atoms with Gasteiger partial charge in [-0.1, -0.05) is 39.7 Å². The number of carbonyl (C=O) groups is 3. The molecule has 0 spiro atoms. The maximum Gasteiger partial charge on any atom is 0.271 e. The van der Waals surface area contributed by atoms with Crippen molar-refractivity contribution in [3.05, 3.63) is 63.6 Å². The molecule has 2 N–H and O–H groups in total. The van der Waals surface area contributed by atoms with E-state index in [2.05, 4.69) is 26.8 Å². The number of benzene rings is 2. The van der Waals surface area contributed by atoms with Crippen molar-refractivity contribution in [3.63, 3.8) is 0 Å². The summed E-state index contributed by atoms with van der Waals surface area (Å²) in [7, 11) is 0. The first-order chi connectivity index (χ1) is 12.5. The molecule has 1 heterocycles. The highest BCUT2D eigenvalue weighted by Gasteiger charge is 2.35. The van der Waals surface area contributed by atoms with Crippen molar-refractivity contribution in [3.8, 4) is 0 Å². The number of halogens is 2. The van der Waals surface area contributed by atoms with E-state index in [9.17, 15) is 14.4 Å². The summed E-state index contributed by atoms with van der Waals surface area (Å²) in [6.07, 6.45) is 0.0872. The molecule has 3 amide bonds. The molecule has 2 aromatic rings. The molecule has 0 saturated carbocycles. The predicted octanol–water partition coefficient (Wildman–Crippen LogP) is 2.92. The quantitative estimate of drug-likeness (QED) is 0.726. The van der Waals surface area contributed by atoms with Gasteiger partial charge in [0.05, 0.1) is 16.5 Å². The maximum atomic E-state index is 12.3. The third-order valence-electron chi connectivity index (χ3n) is 4.05. The lowest BCUT2D eigenvalue weighted by Gasteiger charge is -2.17. The van der Waals surface area contributed by atoms with Crippen molar-refractivity contribution in [2.45, 2.75) is 6.42 Å². The van der Waals surface area contributed by atoms with Gasteiger partial charge in [0.15, 0.2) is 0 Å². The van der Waals surface area contributed by atoms with Crippen molar-refractivity contribution in [1.82, 2.24) is 10.9 Å². The van der Waals surface area contributed by atoms with E-state index in [0.717, 1.165) is 10.2 Å². The SMILES string of the molecule is O=C(NNC(=O)[C@@H]1CC(=O)N(c2ccc(Br)cc2)C1)c1ccccc1Cl. The highest BCUT2D eigenvalue weighted by Crippen LogP contribution is 2.26. The van der Waals surface area contributed by atoms with E-state index in [1.165, 1.54) is 0 Å². The Morgan fingerprint density at radius 1 is 1.08 bits per heavy atom. The van der Waals surface area contributed by atoms with Gasteiger partial charge in [-0.25, -0.2) is 0 Å². The van der Waals surface area contributed by atoms with Crippen LogP contribution in [0.5, 0.6) is 0 Å². The first-order valence-corrected chi connectivity index (χ1v) is 9.03. The van der Waals surface area contributed by atoms with Gasteiger partial charge < -0.3 is 4.90 Å². The topological polar surface area (TPSA) is 78.5 Å². The Morgan fingerprint density at radius 2 is 1.77 bits per heavy atom. The van der Waals surface area contributed by atoms with E-state index in [-0.39, 0.29) is 29.5 Å². The predicted molar refractivity (Wildman–Crippen MR) is 102 cm³/mol. The molecule has 3 rings (SSSR count). The van der Waals surface area contributed by atoms with E-state index < -0.39 is 17.7 Å². The average Bonchev–Trinajstić information content (AvgIpc) is 3.02. The molecule has 0 aromatic heterocycles. The Balaban J connectivity index is 1.59. The van der Waals surface area contributed by atoms with Gasteiger partial charge >= 0.3 is 0 Å². The number of nitrogens with zero attached hydrogens (tertiary/aromatic N) is 1. The van der Waals surface area contributed by atoms with Crippen LogP contribution in [0.1, 0.15) is 16.8 Å². The van der Waals surface area contributed by atoms with Crippen LogP contribution in [0.3, 0.4) is 0 Å². The molecular weight excluding hydrogens is 422 g/mol. The molecule has 0 radical (unpaired) electrons. The summed E-state index contributed by atoms with van der Waals surface area (Å²) in [5.74, 6) is -1.61. The lowest BCUT2D eigenvalue weighted by Crippen LogP contribution is -2.45. The molecule has 0 aliphatic carbocycles. The van der Waals surface area contributed by atoms with Gasteiger partial charge in [-0.3, -0.25) is 25.2 Å². The second-order valence-electron chi connectivity index (χ2n) is 5.81. The fraction of sp³-hybridized carbons (Fsp3) is 0.167. The Labute approximate surface area is 163 Å². The van der Waals surface area contributed by atoms with Gasteiger partial charge in [0.25, 0.3) is 5.91 Å². The molecule has 26 heavy (non-hydrogen) atoms. The molecule has 1 aliphatic heterocycles.